The molecule has 1 atom stereocenters. The van der Waals surface area contributed by atoms with E-state index in [2.05, 4.69) is 0 Å². The number of hydrogen-bond donors (Lipinski definition) is 1. The molecular formula is C16H20O5. The van der Waals surface area contributed by atoms with E-state index in [0.29, 0.717) is 16.7 Å². The quantitative estimate of drug-likeness (QED) is 0.815. The first-order valence-electron chi connectivity index (χ1n) is 6.61. The Morgan fingerprint density at radius 3 is 2.10 bits per heavy atom. The van der Waals surface area contributed by atoms with Crippen molar-refractivity contribution in [3.63, 3.8) is 0 Å². The summed E-state index contributed by atoms with van der Waals surface area (Å²) in [4.78, 5) is 35.1. The number of ketones is 2. The molecule has 0 radical (unpaired) electrons. The van der Waals surface area contributed by atoms with E-state index in [4.69, 9.17) is 9.84 Å². The van der Waals surface area contributed by atoms with E-state index in [0.717, 1.165) is 11.1 Å². The van der Waals surface area contributed by atoms with Crippen molar-refractivity contribution in [3.8, 4) is 0 Å². The van der Waals surface area contributed by atoms with E-state index in [1.165, 1.54) is 14.0 Å². The number of carbonyl (C=O) groups is 3. The maximum atomic E-state index is 12.4. The van der Waals surface area contributed by atoms with Crippen LogP contribution in [0.1, 0.15) is 50.8 Å². The van der Waals surface area contributed by atoms with Gasteiger partial charge in [-0.15, -0.1) is 0 Å². The number of carbonyl (C=O) groups excluding carboxylic acids is 2. The van der Waals surface area contributed by atoms with Gasteiger partial charge in [-0.3, -0.25) is 9.59 Å². The fraction of sp³-hybridized carbons (Fsp3) is 0.438. The lowest BCUT2D eigenvalue weighted by molar-refractivity contribution is -0.148. The molecule has 0 saturated carbocycles. The molecule has 114 valence electrons. The minimum absolute atomic E-state index is 0.111. The summed E-state index contributed by atoms with van der Waals surface area (Å²) in [6.07, 6.45) is -1.44. The molecular weight excluding hydrogens is 272 g/mol. The largest absolute Gasteiger partial charge is 0.479 e. The highest BCUT2D eigenvalue weighted by Gasteiger charge is 2.25. The lowest BCUT2D eigenvalue weighted by atomic mass is 9.88. The molecule has 0 spiro atoms. The van der Waals surface area contributed by atoms with Gasteiger partial charge in [0.25, 0.3) is 0 Å². The Kier molecular flexibility index (Phi) is 5.38. The summed E-state index contributed by atoms with van der Waals surface area (Å²) in [5, 5.41) is 8.96. The van der Waals surface area contributed by atoms with Crippen molar-refractivity contribution in [1.82, 2.24) is 0 Å². The van der Waals surface area contributed by atoms with E-state index in [-0.39, 0.29) is 18.0 Å². The summed E-state index contributed by atoms with van der Waals surface area (Å²) in [5.41, 5.74) is 3.09. The van der Waals surface area contributed by atoms with Gasteiger partial charge < -0.3 is 9.84 Å². The molecule has 1 rings (SSSR count). The average Bonchev–Trinajstić information content (AvgIpc) is 2.34. The highest BCUT2D eigenvalue weighted by Crippen LogP contribution is 2.24. The van der Waals surface area contributed by atoms with Crippen molar-refractivity contribution in [3.05, 3.63) is 33.9 Å². The van der Waals surface area contributed by atoms with Crippen molar-refractivity contribution in [2.24, 2.45) is 0 Å². The van der Waals surface area contributed by atoms with Crippen LogP contribution >= 0.6 is 0 Å². The Balaban J connectivity index is 3.30. The normalized spacial score (nSPS) is 12.0. The Bertz CT molecular complexity index is 601. The summed E-state index contributed by atoms with van der Waals surface area (Å²) in [7, 11) is 1.25. The molecule has 0 aliphatic heterocycles. The molecule has 1 unspecified atom stereocenters. The van der Waals surface area contributed by atoms with Crippen LogP contribution in [0, 0.1) is 20.8 Å². The third kappa shape index (κ3) is 3.55. The summed E-state index contributed by atoms with van der Waals surface area (Å²) >= 11 is 0. The zero-order chi connectivity index (χ0) is 16.3. The number of carboxylic acid groups (broad SMARTS) is 1. The Hall–Kier alpha value is -2.01. The second-order valence-electron chi connectivity index (χ2n) is 5.13. The third-order valence-electron chi connectivity index (χ3n) is 3.53. The van der Waals surface area contributed by atoms with Crippen LogP contribution in [0.15, 0.2) is 6.07 Å². The van der Waals surface area contributed by atoms with Gasteiger partial charge in [-0.25, -0.2) is 4.79 Å². The number of Topliss-reactive ketones (excluding diaryl/α,β-unsaturated/α-hetero) is 2. The lowest BCUT2D eigenvalue weighted by Crippen LogP contribution is -2.26. The summed E-state index contributed by atoms with van der Waals surface area (Å²) in [5.74, 6) is -1.62. The van der Waals surface area contributed by atoms with Gasteiger partial charge in [-0.05, 0) is 44.4 Å². The minimum atomic E-state index is -1.18. The first-order chi connectivity index (χ1) is 9.70. The fourth-order valence-electron chi connectivity index (χ4n) is 2.70. The van der Waals surface area contributed by atoms with Gasteiger partial charge >= 0.3 is 5.97 Å². The van der Waals surface area contributed by atoms with Crippen molar-refractivity contribution >= 4 is 17.5 Å². The smallest absolute Gasteiger partial charge is 0.333 e. The fourth-order valence-corrected chi connectivity index (χ4v) is 2.70. The predicted molar refractivity (Wildman–Crippen MR) is 78.0 cm³/mol. The molecule has 0 aromatic heterocycles. The number of ether oxygens (including phenoxy) is 1. The highest BCUT2D eigenvalue weighted by atomic mass is 16.5. The van der Waals surface area contributed by atoms with E-state index < -0.39 is 12.1 Å². The molecule has 21 heavy (non-hydrogen) atoms. The van der Waals surface area contributed by atoms with Gasteiger partial charge in [-0.1, -0.05) is 6.07 Å². The zero-order valence-electron chi connectivity index (χ0n) is 12.9. The molecule has 0 saturated heterocycles. The maximum Gasteiger partial charge on any atom is 0.333 e. The Morgan fingerprint density at radius 2 is 1.67 bits per heavy atom. The molecule has 0 heterocycles. The van der Waals surface area contributed by atoms with Crippen LogP contribution in [0.3, 0.4) is 0 Å². The third-order valence-corrected chi connectivity index (χ3v) is 3.53. The van der Waals surface area contributed by atoms with Gasteiger partial charge in [0.2, 0.25) is 0 Å². The van der Waals surface area contributed by atoms with Crippen molar-refractivity contribution in [2.75, 3.05) is 7.11 Å². The number of aryl methyl sites for hydroxylation is 2. The SMILES string of the molecule is COC(CC(=O)c1c(C)cc(C)c(C(C)=O)c1C)C(=O)O. The van der Waals surface area contributed by atoms with Gasteiger partial charge in [0.1, 0.15) is 0 Å². The first kappa shape index (κ1) is 17.0. The van der Waals surface area contributed by atoms with E-state index in [1.54, 1.807) is 19.9 Å². The lowest BCUT2D eigenvalue weighted by Gasteiger charge is -2.16. The standard InChI is InChI=1S/C16H20O5/c1-8-6-9(2)15(10(3)14(8)11(4)17)12(18)7-13(21-5)16(19)20/h6,13H,7H2,1-5H3,(H,19,20). The summed E-state index contributed by atoms with van der Waals surface area (Å²) in [6.45, 7) is 6.76. The molecule has 0 bridgehead atoms. The van der Waals surface area contributed by atoms with Crippen LogP contribution < -0.4 is 0 Å². The number of carboxylic acids is 1. The molecule has 0 aliphatic carbocycles. The molecule has 0 aliphatic rings. The second-order valence-corrected chi connectivity index (χ2v) is 5.13. The average molecular weight is 292 g/mol. The monoisotopic (exact) mass is 292 g/mol. The molecule has 0 amide bonds. The van der Waals surface area contributed by atoms with Gasteiger partial charge in [0.05, 0.1) is 0 Å². The van der Waals surface area contributed by atoms with Crippen molar-refractivity contribution in [2.45, 2.75) is 40.2 Å². The minimum Gasteiger partial charge on any atom is -0.479 e. The topological polar surface area (TPSA) is 80.7 Å². The first-order valence-corrected chi connectivity index (χ1v) is 6.61. The number of methoxy groups -OCH3 is 1. The maximum absolute atomic E-state index is 12.4. The molecule has 1 aromatic carbocycles. The van der Waals surface area contributed by atoms with Gasteiger partial charge in [0, 0.05) is 24.7 Å². The number of benzene rings is 1. The van der Waals surface area contributed by atoms with Crippen LogP contribution in [0.2, 0.25) is 0 Å². The molecule has 1 aromatic rings. The van der Waals surface area contributed by atoms with Gasteiger partial charge in [-0.2, -0.15) is 0 Å². The van der Waals surface area contributed by atoms with Crippen LogP contribution in [0.4, 0.5) is 0 Å². The molecule has 0 fully saturated rings. The summed E-state index contributed by atoms with van der Waals surface area (Å²) in [6, 6.07) is 1.78. The highest BCUT2D eigenvalue weighted by molar-refractivity contribution is 6.05. The number of aliphatic carboxylic acids is 1. The Morgan fingerprint density at radius 1 is 1.14 bits per heavy atom. The predicted octanol–water partition coefficient (Wildman–Crippen LogP) is 2.49. The molecule has 5 heteroatoms. The van der Waals surface area contributed by atoms with E-state index >= 15 is 0 Å². The molecule has 5 nitrogen and oxygen atoms in total. The van der Waals surface area contributed by atoms with Crippen LogP contribution in [0.25, 0.3) is 0 Å². The van der Waals surface area contributed by atoms with E-state index in [9.17, 15) is 14.4 Å². The van der Waals surface area contributed by atoms with Crippen molar-refractivity contribution < 1.29 is 24.2 Å². The van der Waals surface area contributed by atoms with Crippen LogP contribution in [0.5, 0.6) is 0 Å². The summed E-state index contributed by atoms with van der Waals surface area (Å²) < 4.78 is 4.80. The van der Waals surface area contributed by atoms with E-state index in [1.807, 2.05) is 6.92 Å². The number of hydrogen-bond acceptors (Lipinski definition) is 4. The van der Waals surface area contributed by atoms with Crippen LogP contribution in [-0.2, 0) is 9.53 Å². The second kappa shape index (κ2) is 6.63. The Labute approximate surface area is 123 Å². The van der Waals surface area contributed by atoms with Crippen molar-refractivity contribution in [1.29, 1.82) is 0 Å². The molecule has 1 N–H and O–H groups in total. The van der Waals surface area contributed by atoms with Crippen LogP contribution in [-0.4, -0.2) is 35.9 Å². The number of rotatable bonds is 6. The van der Waals surface area contributed by atoms with Gasteiger partial charge in [0.15, 0.2) is 17.7 Å². The zero-order valence-corrected chi connectivity index (χ0v) is 12.9.